The van der Waals surface area contributed by atoms with Crippen LogP contribution in [0.2, 0.25) is 0 Å². The summed E-state index contributed by atoms with van der Waals surface area (Å²) in [6, 6.07) is 4.14. The molecule has 2 aromatic heterocycles. The lowest BCUT2D eigenvalue weighted by Gasteiger charge is -2.38. The Morgan fingerprint density at radius 2 is 2.12 bits per heavy atom. The van der Waals surface area contributed by atoms with E-state index in [-0.39, 0.29) is 17.8 Å². The molecule has 0 spiro atoms. The van der Waals surface area contributed by atoms with Gasteiger partial charge in [0.2, 0.25) is 0 Å². The number of urea groups is 1. The molecule has 0 bridgehead atoms. The molecule has 0 aromatic carbocycles. The minimum atomic E-state index is -0.591. The van der Waals surface area contributed by atoms with Crippen LogP contribution in [0.3, 0.4) is 0 Å². The summed E-state index contributed by atoms with van der Waals surface area (Å²) >= 11 is 0. The number of pyridine rings is 1. The summed E-state index contributed by atoms with van der Waals surface area (Å²) in [6.45, 7) is 5.58. The van der Waals surface area contributed by atoms with Crippen LogP contribution in [0.25, 0.3) is 0 Å². The minimum Gasteiger partial charge on any atom is -0.368 e. The van der Waals surface area contributed by atoms with Crippen molar-refractivity contribution >= 4 is 29.1 Å². The standard InChI is InChI=1S/C21H29N9O2/c1-27-7-8-29(21(27)32)14-3-2-5-28(13-14)15-9-17(19(20(22)31)24-12-15)25-18-10-16-11-23-4-6-30(16)26-18/h9-10,12,14,23H,2-8,11,13H2,1H3,(H2,22,31)(H,25,26)/t14-/m1/s1. The maximum Gasteiger partial charge on any atom is 0.320 e. The van der Waals surface area contributed by atoms with Crippen molar-refractivity contribution in [2.24, 2.45) is 5.73 Å². The van der Waals surface area contributed by atoms with Gasteiger partial charge in [0.15, 0.2) is 11.5 Å². The summed E-state index contributed by atoms with van der Waals surface area (Å²) in [5, 5.41) is 11.2. The molecule has 5 rings (SSSR count). The second kappa shape index (κ2) is 8.30. The van der Waals surface area contributed by atoms with Crippen molar-refractivity contribution in [2.45, 2.75) is 32.0 Å². The lowest BCUT2D eigenvalue weighted by molar-refractivity contribution is 0.0996. The molecule has 5 heterocycles. The Bertz CT molecular complexity index is 1010. The highest BCUT2D eigenvalue weighted by atomic mass is 16.2. The molecule has 2 aromatic rings. The van der Waals surface area contributed by atoms with Gasteiger partial charge in [0, 0.05) is 52.4 Å². The van der Waals surface area contributed by atoms with Crippen LogP contribution in [0.5, 0.6) is 0 Å². The normalized spacial score (nSPS) is 21.1. The van der Waals surface area contributed by atoms with Gasteiger partial charge in [0.25, 0.3) is 5.91 Å². The number of primary amides is 1. The average Bonchev–Trinajstić information content (AvgIpc) is 3.36. The Labute approximate surface area is 186 Å². The number of likely N-dealkylation sites (N-methyl/N-ethyl adjacent to an activating group) is 1. The monoisotopic (exact) mass is 439 g/mol. The fraction of sp³-hybridized carbons (Fsp3) is 0.524. The predicted molar refractivity (Wildman–Crippen MR) is 120 cm³/mol. The van der Waals surface area contributed by atoms with E-state index in [4.69, 9.17) is 5.73 Å². The van der Waals surface area contributed by atoms with Crippen LogP contribution in [-0.2, 0) is 13.1 Å². The summed E-state index contributed by atoms with van der Waals surface area (Å²) in [4.78, 5) is 34.8. The van der Waals surface area contributed by atoms with Crippen LogP contribution in [0.1, 0.15) is 29.0 Å². The molecule has 0 saturated carbocycles. The minimum absolute atomic E-state index is 0.0969. The summed E-state index contributed by atoms with van der Waals surface area (Å²) < 4.78 is 1.96. The lowest BCUT2D eigenvalue weighted by atomic mass is 10.0. The van der Waals surface area contributed by atoms with E-state index in [1.807, 2.05) is 28.8 Å². The highest BCUT2D eigenvalue weighted by molar-refractivity contribution is 5.97. The lowest BCUT2D eigenvalue weighted by Crippen LogP contribution is -2.49. The van der Waals surface area contributed by atoms with Crippen molar-refractivity contribution in [3.8, 4) is 0 Å². The first-order valence-corrected chi connectivity index (χ1v) is 11.1. The number of hydrogen-bond donors (Lipinski definition) is 3. The van der Waals surface area contributed by atoms with Gasteiger partial charge in [-0.15, -0.1) is 0 Å². The molecule has 3 amide bonds. The van der Waals surface area contributed by atoms with Crippen LogP contribution in [0, 0.1) is 0 Å². The molecule has 170 valence electrons. The first-order chi connectivity index (χ1) is 15.5. The molecule has 11 heteroatoms. The Morgan fingerprint density at radius 1 is 1.25 bits per heavy atom. The number of carbonyl (C=O) groups excluding carboxylic acids is 2. The maximum absolute atomic E-state index is 12.5. The number of aromatic nitrogens is 3. The third-order valence-electron chi connectivity index (χ3n) is 6.49. The molecule has 0 radical (unpaired) electrons. The first-order valence-electron chi connectivity index (χ1n) is 11.1. The Morgan fingerprint density at radius 3 is 2.88 bits per heavy atom. The number of nitrogens with one attached hydrogen (secondary N) is 2. The number of nitrogens with zero attached hydrogens (tertiary/aromatic N) is 6. The molecule has 3 aliphatic rings. The first kappa shape index (κ1) is 20.6. The molecule has 0 aliphatic carbocycles. The zero-order valence-corrected chi connectivity index (χ0v) is 18.3. The quantitative estimate of drug-likeness (QED) is 0.622. The summed E-state index contributed by atoms with van der Waals surface area (Å²) in [5.74, 6) is 0.0688. The largest absolute Gasteiger partial charge is 0.368 e. The average molecular weight is 440 g/mol. The van der Waals surface area contributed by atoms with E-state index in [0.29, 0.717) is 11.5 Å². The van der Waals surface area contributed by atoms with Gasteiger partial charge < -0.3 is 31.1 Å². The highest BCUT2D eigenvalue weighted by Crippen LogP contribution is 2.29. The molecule has 32 heavy (non-hydrogen) atoms. The third-order valence-corrected chi connectivity index (χ3v) is 6.49. The molecule has 4 N–H and O–H groups in total. The second-order valence-electron chi connectivity index (χ2n) is 8.64. The highest BCUT2D eigenvalue weighted by Gasteiger charge is 2.34. The summed E-state index contributed by atoms with van der Waals surface area (Å²) in [6.07, 6.45) is 3.66. The molecule has 0 unspecified atom stereocenters. The number of amides is 3. The topological polar surface area (TPSA) is 125 Å². The Balaban J connectivity index is 1.38. The summed E-state index contributed by atoms with van der Waals surface area (Å²) in [7, 11) is 1.84. The molecule has 11 nitrogen and oxygen atoms in total. The van der Waals surface area contributed by atoms with Crippen molar-refractivity contribution in [3.05, 3.63) is 29.7 Å². The van der Waals surface area contributed by atoms with Crippen molar-refractivity contribution in [3.63, 3.8) is 0 Å². The predicted octanol–water partition coefficient (Wildman–Crippen LogP) is 0.560. The van der Waals surface area contributed by atoms with Gasteiger partial charge in [-0.2, -0.15) is 5.10 Å². The van der Waals surface area contributed by atoms with Gasteiger partial charge in [0.1, 0.15) is 0 Å². The zero-order chi connectivity index (χ0) is 22.2. The van der Waals surface area contributed by atoms with Crippen molar-refractivity contribution < 1.29 is 9.59 Å². The number of anilines is 3. The van der Waals surface area contributed by atoms with Gasteiger partial charge in [-0.25, -0.2) is 9.78 Å². The third kappa shape index (κ3) is 3.83. The van der Waals surface area contributed by atoms with E-state index in [1.165, 1.54) is 0 Å². The van der Waals surface area contributed by atoms with Gasteiger partial charge in [-0.1, -0.05) is 0 Å². The van der Waals surface area contributed by atoms with Crippen LogP contribution in [0.15, 0.2) is 18.3 Å². The number of carbonyl (C=O) groups is 2. The summed E-state index contributed by atoms with van der Waals surface area (Å²) in [5.41, 5.74) is 8.29. The van der Waals surface area contributed by atoms with Gasteiger partial charge in [0.05, 0.1) is 35.9 Å². The van der Waals surface area contributed by atoms with Crippen LogP contribution in [0.4, 0.5) is 22.0 Å². The number of piperidine rings is 1. The second-order valence-corrected chi connectivity index (χ2v) is 8.64. The fourth-order valence-electron chi connectivity index (χ4n) is 4.76. The molecule has 3 aliphatic heterocycles. The maximum atomic E-state index is 12.5. The van der Waals surface area contributed by atoms with Crippen molar-refractivity contribution in [1.29, 1.82) is 0 Å². The number of rotatable bonds is 5. The molecule has 1 atom stereocenters. The molecular formula is C21H29N9O2. The Hall–Kier alpha value is -3.34. The van der Waals surface area contributed by atoms with Gasteiger partial charge in [-0.3, -0.25) is 9.48 Å². The molecular weight excluding hydrogens is 410 g/mol. The fourth-order valence-corrected chi connectivity index (χ4v) is 4.76. The molecule has 2 fully saturated rings. The van der Waals surface area contributed by atoms with Crippen molar-refractivity contribution in [1.82, 2.24) is 29.9 Å². The SMILES string of the molecule is CN1CCN([C@@H]2CCCN(c3cnc(C(N)=O)c(Nc4cc5n(n4)CCNC5)c3)C2)C1=O. The van der Waals surface area contributed by atoms with Crippen molar-refractivity contribution in [2.75, 3.05) is 50.0 Å². The smallest absolute Gasteiger partial charge is 0.320 e. The van der Waals surface area contributed by atoms with E-state index in [1.54, 1.807) is 11.1 Å². The van der Waals surface area contributed by atoms with Gasteiger partial charge >= 0.3 is 6.03 Å². The zero-order valence-electron chi connectivity index (χ0n) is 18.3. The van der Waals surface area contributed by atoms with E-state index in [9.17, 15) is 9.59 Å². The number of nitrogens with two attached hydrogens (primary N) is 1. The molecule has 2 saturated heterocycles. The number of hydrogen-bond acceptors (Lipinski definition) is 7. The van der Waals surface area contributed by atoms with E-state index >= 15 is 0 Å². The van der Waals surface area contributed by atoms with E-state index in [2.05, 4.69) is 25.6 Å². The van der Waals surface area contributed by atoms with E-state index < -0.39 is 5.91 Å². The van der Waals surface area contributed by atoms with Crippen LogP contribution in [-0.4, -0.2) is 82.3 Å². The van der Waals surface area contributed by atoms with E-state index in [0.717, 1.165) is 70.0 Å². The van der Waals surface area contributed by atoms with Crippen LogP contribution >= 0.6 is 0 Å². The number of fused-ring (bicyclic) bond motifs is 1. The Kier molecular flexibility index (Phi) is 5.33. The van der Waals surface area contributed by atoms with Crippen LogP contribution < -0.4 is 21.3 Å². The van der Waals surface area contributed by atoms with Gasteiger partial charge in [-0.05, 0) is 18.9 Å².